The van der Waals surface area contributed by atoms with Crippen LogP contribution in [0.15, 0.2) is 81.2 Å². The molecule has 0 saturated heterocycles. The van der Waals surface area contributed by atoms with Gasteiger partial charge in [-0.3, -0.25) is 4.79 Å². The van der Waals surface area contributed by atoms with Crippen molar-refractivity contribution in [1.82, 2.24) is 0 Å². The van der Waals surface area contributed by atoms with Crippen molar-refractivity contribution in [1.29, 1.82) is 5.26 Å². The summed E-state index contributed by atoms with van der Waals surface area (Å²) < 4.78 is 20.6. The Morgan fingerprint density at radius 1 is 1.03 bits per heavy atom. The van der Waals surface area contributed by atoms with E-state index in [2.05, 4.69) is 37.2 Å². The third-order valence-corrected chi connectivity index (χ3v) is 5.07. The first kappa shape index (κ1) is 21.8. The van der Waals surface area contributed by atoms with Crippen LogP contribution in [0.2, 0.25) is 0 Å². The summed E-state index contributed by atoms with van der Waals surface area (Å²) >= 11 is 6.73. The monoisotopic (exact) mass is 528 g/mol. The number of carbonyl (C=O) groups is 1. The minimum Gasteiger partial charge on any atom is -0.488 e. The molecule has 0 aromatic heterocycles. The molecule has 0 fully saturated rings. The van der Waals surface area contributed by atoms with Crippen molar-refractivity contribution in [2.75, 3.05) is 5.32 Å². The molecule has 1 N–H and O–H groups in total. The standard InChI is InChI=1S/C23H15Br2FN2O2/c24-18-3-8-21(9-4-18)28-23(29)17(13-27)11-16-12-19(25)5-10-22(16)30-14-15-1-6-20(26)7-2-15/h1-12H,14H2,(H,28,29)/b17-11+. The van der Waals surface area contributed by atoms with Crippen LogP contribution in [0.3, 0.4) is 0 Å². The fourth-order valence-electron chi connectivity index (χ4n) is 2.54. The molecule has 0 heterocycles. The van der Waals surface area contributed by atoms with Crippen LogP contribution in [0.1, 0.15) is 11.1 Å². The van der Waals surface area contributed by atoms with Gasteiger partial charge in [0.05, 0.1) is 0 Å². The third kappa shape index (κ3) is 6.02. The minimum atomic E-state index is -0.524. The summed E-state index contributed by atoms with van der Waals surface area (Å²) in [6, 6.07) is 20.3. The van der Waals surface area contributed by atoms with Crippen LogP contribution in [-0.2, 0) is 11.4 Å². The maximum absolute atomic E-state index is 13.1. The van der Waals surface area contributed by atoms with E-state index in [0.29, 0.717) is 17.0 Å². The number of carbonyl (C=O) groups excluding carboxylic acids is 1. The van der Waals surface area contributed by atoms with Gasteiger partial charge in [-0.2, -0.15) is 5.26 Å². The number of nitrogens with zero attached hydrogens (tertiary/aromatic N) is 1. The lowest BCUT2D eigenvalue weighted by Crippen LogP contribution is -2.13. The zero-order valence-electron chi connectivity index (χ0n) is 15.5. The van der Waals surface area contributed by atoms with Crippen molar-refractivity contribution in [3.63, 3.8) is 0 Å². The molecule has 0 aliphatic rings. The fraction of sp³-hybridized carbons (Fsp3) is 0.0435. The molecule has 1 amide bonds. The highest BCUT2D eigenvalue weighted by Gasteiger charge is 2.12. The zero-order chi connectivity index (χ0) is 21.5. The van der Waals surface area contributed by atoms with Gasteiger partial charge in [-0.25, -0.2) is 4.39 Å². The van der Waals surface area contributed by atoms with Gasteiger partial charge >= 0.3 is 0 Å². The van der Waals surface area contributed by atoms with Crippen molar-refractivity contribution in [3.05, 3.63) is 98.2 Å². The van der Waals surface area contributed by atoms with Gasteiger partial charge in [0.15, 0.2) is 0 Å². The van der Waals surface area contributed by atoms with Crippen molar-refractivity contribution < 1.29 is 13.9 Å². The Balaban J connectivity index is 1.81. The van der Waals surface area contributed by atoms with E-state index < -0.39 is 5.91 Å². The Kier molecular flexibility index (Phi) is 7.39. The third-order valence-electron chi connectivity index (χ3n) is 4.05. The summed E-state index contributed by atoms with van der Waals surface area (Å²) in [5, 5.41) is 12.2. The summed E-state index contributed by atoms with van der Waals surface area (Å²) in [5.41, 5.74) is 1.87. The molecule has 0 unspecified atom stereocenters. The van der Waals surface area contributed by atoms with Crippen LogP contribution in [-0.4, -0.2) is 5.91 Å². The Bertz CT molecular complexity index is 1120. The number of hydrogen-bond acceptors (Lipinski definition) is 3. The highest BCUT2D eigenvalue weighted by atomic mass is 79.9. The van der Waals surface area contributed by atoms with Crippen molar-refractivity contribution in [2.24, 2.45) is 0 Å². The predicted octanol–water partition coefficient (Wildman–Crippen LogP) is 6.48. The molecule has 3 aromatic rings. The molecule has 3 aromatic carbocycles. The first-order chi connectivity index (χ1) is 14.4. The molecule has 3 rings (SSSR count). The summed E-state index contributed by atoms with van der Waals surface area (Å²) in [5.74, 6) is -0.350. The molecule has 7 heteroatoms. The maximum Gasteiger partial charge on any atom is 0.266 e. The van der Waals surface area contributed by atoms with Gasteiger partial charge in [0, 0.05) is 20.2 Å². The molecule has 30 heavy (non-hydrogen) atoms. The molecule has 0 bridgehead atoms. The summed E-state index contributed by atoms with van der Waals surface area (Å²) in [6.07, 6.45) is 1.47. The Morgan fingerprint density at radius 2 is 1.70 bits per heavy atom. The normalized spacial score (nSPS) is 10.9. The largest absolute Gasteiger partial charge is 0.488 e. The number of rotatable bonds is 6. The van der Waals surface area contributed by atoms with E-state index in [1.165, 1.54) is 18.2 Å². The van der Waals surface area contributed by atoms with Gasteiger partial charge in [0.2, 0.25) is 0 Å². The van der Waals surface area contributed by atoms with Crippen molar-refractivity contribution in [2.45, 2.75) is 6.61 Å². The minimum absolute atomic E-state index is 0.0670. The van der Waals surface area contributed by atoms with Crippen LogP contribution in [0.4, 0.5) is 10.1 Å². The number of halogens is 3. The molecule has 0 aliphatic carbocycles. The Morgan fingerprint density at radius 3 is 2.37 bits per heavy atom. The van der Waals surface area contributed by atoms with E-state index in [-0.39, 0.29) is 18.0 Å². The highest BCUT2D eigenvalue weighted by molar-refractivity contribution is 9.10. The highest BCUT2D eigenvalue weighted by Crippen LogP contribution is 2.27. The average Bonchev–Trinajstić information content (AvgIpc) is 2.74. The first-order valence-corrected chi connectivity index (χ1v) is 10.4. The lowest BCUT2D eigenvalue weighted by molar-refractivity contribution is -0.112. The van der Waals surface area contributed by atoms with E-state index >= 15 is 0 Å². The van der Waals surface area contributed by atoms with E-state index in [1.54, 1.807) is 54.6 Å². The van der Waals surface area contributed by atoms with E-state index in [9.17, 15) is 14.4 Å². The van der Waals surface area contributed by atoms with Crippen LogP contribution in [0.25, 0.3) is 6.08 Å². The number of nitriles is 1. The van der Waals surface area contributed by atoms with Crippen molar-refractivity contribution in [3.8, 4) is 11.8 Å². The molecule has 0 saturated carbocycles. The molecule has 150 valence electrons. The molecular weight excluding hydrogens is 515 g/mol. The first-order valence-electron chi connectivity index (χ1n) is 8.80. The molecule has 0 atom stereocenters. The number of amides is 1. The molecule has 4 nitrogen and oxygen atoms in total. The Hall–Kier alpha value is -2.95. The van der Waals surface area contributed by atoms with Gasteiger partial charge in [-0.1, -0.05) is 44.0 Å². The van der Waals surface area contributed by atoms with Crippen LogP contribution in [0.5, 0.6) is 5.75 Å². The summed E-state index contributed by atoms with van der Waals surface area (Å²) in [4.78, 5) is 12.5. The van der Waals surface area contributed by atoms with Gasteiger partial charge in [0.1, 0.15) is 29.8 Å². The lowest BCUT2D eigenvalue weighted by atomic mass is 10.1. The Labute approximate surface area is 190 Å². The van der Waals surface area contributed by atoms with E-state index in [4.69, 9.17) is 4.74 Å². The van der Waals surface area contributed by atoms with Gasteiger partial charge in [0.25, 0.3) is 5.91 Å². The number of hydrogen-bond donors (Lipinski definition) is 1. The van der Waals surface area contributed by atoms with Gasteiger partial charge in [-0.05, 0) is 66.2 Å². The van der Waals surface area contributed by atoms with Crippen molar-refractivity contribution >= 4 is 49.5 Å². The average molecular weight is 530 g/mol. The number of benzene rings is 3. The summed E-state index contributed by atoms with van der Waals surface area (Å²) in [6.45, 7) is 0.218. The van der Waals surface area contributed by atoms with Crippen LogP contribution >= 0.6 is 31.9 Å². The maximum atomic E-state index is 13.1. The lowest BCUT2D eigenvalue weighted by Gasteiger charge is -2.11. The SMILES string of the molecule is N#C/C(=C\c1cc(Br)ccc1OCc1ccc(F)cc1)C(=O)Nc1ccc(Br)cc1. The predicted molar refractivity (Wildman–Crippen MR) is 121 cm³/mol. The van der Waals surface area contributed by atoms with E-state index in [0.717, 1.165) is 14.5 Å². The smallest absolute Gasteiger partial charge is 0.266 e. The van der Waals surface area contributed by atoms with E-state index in [1.807, 2.05) is 6.07 Å². The fourth-order valence-corrected chi connectivity index (χ4v) is 3.18. The van der Waals surface area contributed by atoms with Gasteiger partial charge in [-0.15, -0.1) is 0 Å². The quantitative estimate of drug-likeness (QED) is 0.294. The van der Waals surface area contributed by atoms with Crippen LogP contribution in [0, 0.1) is 17.1 Å². The van der Waals surface area contributed by atoms with Crippen LogP contribution < -0.4 is 10.1 Å². The molecule has 0 radical (unpaired) electrons. The molecule has 0 aliphatic heterocycles. The second kappa shape index (κ2) is 10.2. The molecular formula is C23H15Br2FN2O2. The summed E-state index contributed by atoms with van der Waals surface area (Å²) in [7, 11) is 0. The van der Waals surface area contributed by atoms with Gasteiger partial charge < -0.3 is 10.1 Å². The second-order valence-corrected chi connectivity index (χ2v) is 8.06. The zero-order valence-corrected chi connectivity index (χ0v) is 18.7. The number of nitrogens with one attached hydrogen (secondary N) is 1. The topological polar surface area (TPSA) is 62.1 Å². The number of anilines is 1. The number of ether oxygens (including phenoxy) is 1. The second-order valence-electron chi connectivity index (χ2n) is 6.23. The molecule has 0 spiro atoms.